The number of aromatic hydroxyl groups is 1. The fourth-order valence-corrected chi connectivity index (χ4v) is 1.72. The lowest BCUT2D eigenvalue weighted by molar-refractivity contribution is 0.0951. The van der Waals surface area contributed by atoms with Gasteiger partial charge in [-0.2, -0.15) is 11.8 Å². The van der Waals surface area contributed by atoms with Gasteiger partial charge in [-0.05, 0) is 24.5 Å². The average molecular weight is 304 g/mol. The molecular weight excluding hydrogens is 290 g/mol. The van der Waals surface area contributed by atoms with Gasteiger partial charge in [-0.25, -0.2) is 0 Å². The van der Waals surface area contributed by atoms with E-state index in [4.69, 9.17) is 0 Å². The molecule has 1 rings (SSSR count). The molecule has 0 fully saturated rings. The van der Waals surface area contributed by atoms with Crippen LogP contribution in [0.1, 0.15) is 17.3 Å². The van der Waals surface area contributed by atoms with Crippen molar-refractivity contribution in [2.75, 3.05) is 12.8 Å². The minimum atomic E-state index is -0.250. The number of benzene rings is 1. The topological polar surface area (TPSA) is 49.3 Å². The van der Waals surface area contributed by atoms with Crippen LogP contribution in [0.15, 0.2) is 22.7 Å². The fraction of sp³-hybridized carbons (Fsp3) is 0.364. The number of carbonyl (C=O) groups is 1. The normalized spacial score (nSPS) is 12.2. The molecule has 3 nitrogen and oxygen atoms in total. The highest BCUT2D eigenvalue weighted by Crippen LogP contribution is 2.21. The first-order valence-electron chi connectivity index (χ1n) is 4.84. The van der Waals surface area contributed by atoms with Gasteiger partial charge in [0.1, 0.15) is 5.75 Å². The number of phenolic OH excluding ortho intramolecular Hbond substituents is 1. The lowest BCUT2D eigenvalue weighted by atomic mass is 10.2. The quantitative estimate of drug-likeness (QED) is 0.899. The van der Waals surface area contributed by atoms with Gasteiger partial charge in [-0.15, -0.1) is 0 Å². The molecule has 1 unspecified atom stereocenters. The number of amides is 1. The third kappa shape index (κ3) is 3.72. The van der Waals surface area contributed by atoms with E-state index in [2.05, 4.69) is 21.2 Å². The molecule has 0 aliphatic rings. The number of hydrogen-bond acceptors (Lipinski definition) is 3. The number of rotatable bonds is 4. The second-order valence-corrected chi connectivity index (χ2v) is 5.61. The molecule has 0 aliphatic carbocycles. The zero-order valence-corrected chi connectivity index (χ0v) is 11.6. The molecule has 0 spiro atoms. The van der Waals surface area contributed by atoms with E-state index in [9.17, 15) is 9.90 Å². The molecule has 1 aromatic rings. The molecule has 1 atom stereocenters. The minimum absolute atomic E-state index is 0.00231. The molecule has 0 aliphatic heterocycles. The van der Waals surface area contributed by atoms with E-state index in [-0.39, 0.29) is 11.7 Å². The first-order chi connectivity index (χ1) is 7.54. The van der Waals surface area contributed by atoms with Crippen molar-refractivity contribution in [2.45, 2.75) is 12.2 Å². The lowest BCUT2D eigenvalue weighted by Gasteiger charge is -2.10. The maximum Gasteiger partial charge on any atom is 0.255 e. The Kier molecular flexibility index (Phi) is 5.15. The van der Waals surface area contributed by atoms with Crippen LogP contribution in [0.4, 0.5) is 0 Å². The highest BCUT2D eigenvalue weighted by Gasteiger charge is 2.11. The van der Waals surface area contributed by atoms with Crippen LogP contribution >= 0.6 is 27.7 Å². The molecule has 0 saturated carbocycles. The van der Waals surface area contributed by atoms with Crippen molar-refractivity contribution < 1.29 is 9.90 Å². The van der Waals surface area contributed by atoms with Crippen molar-refractivity contribution in [1.82, 2.24) is 5.32 Å². The number of nitrogens with one attached hydrogen (secondary N) is 1. The zero-order valence-electron chi connectivity index (χ0n) is 9.16. The van der Waals surface area contributed by atoms with E-state index in [0.717, 1.165) is 4.47 Å². The van der Waals surface area contributed by atoms with Crippen LogP contribution < -0.4 is 5.32 Å². The predicted molar refractivity (Wildman–Crippen MR) is 71.1 cm³/mol. The summed E-state index contributed by atoms with van der Waals surface area (Å²) in [5.74, 6) is -0.253. The molecule has 5 heteroatoms. The number of halogens is 1. The molecule has 88 valence electrons. The SMILES string of the molecule is CSC(C)CNC(=O)c1cc(Br)ccc1O. The molecule has 1 aromatic carbocycles. The van der Waals surface area contributed by atoms with Gasteiger partial charge in [0.25, 0.3) is 5.91 Å². The first kappa shape index (κ1) is 13.4. The number of hydrogen-bond donors (Lipinski definition) is 2. The highest BCUT2D eigenvalue weighted by molar-refractivity contribution is 9.10. The number of thioether (sulfide) groups is 1. The summed E-state index contributed by atoms with van der Waals surface area (Å²) in [5.41, 5.74) is 0.294. The predicted octanol–water partition coefficient (Wildman–Crippen LogP) is 2.64. The number of phenols is 1. The number of carbonyl (C=O) groups excluding carboxylic acids is 1. The highest BCUT2D eigenvalue weighted by atomic mass is 79.9. The summed E-state index contributed by atoms with van der Waals surface area (Å²) in [5, 5.41) is 12.7. The standard InChI is InChI=1S/C11H14BrNO2S/c1-7(16-2)6-13-11(15)9-5-8(12)3-4-10(9)14/h3-5,7,14H,6H2,1-2H3,(H,13,15). The van der Waals surface area contributed by atoms with E-state index in [0.29, 0.717) is 17.4 Å². The van der Waals surface area contributed by atoms with Gasteiger partial charge in [-0.1, -0.05) is 22.9 Å². The van der Waals surface area contributed by atoms with Crippen molar-refractivity contribution in [3.63, 3.8) is 0 Å². The maximum absolute atomic E-state index is 11.7. The zero-order chi connectivity index (χ0) is 12.1. The summed E-state index contributed by atoms with van der Waals surface area (Å²) in [6, 6.07) is 4.79. The third-order valence-corrected chi connectivity index (χ3v) is 3.62. The van der Waals surface area contributed by atoms with Gasteiger partial charge >= 0.3 is 0 Å². The van der Waals surface area contributed by atoms with Gasteiger partial charge in [-0.3, -0.25) is 4.79 Å². The van der Waals surface area contributed by atoms with Crippen molar-refractivity contribution in [3.8, 4) is 5.75 Å². The second kappa shape index (κ2) is 6.15. The lowest BCUT2D eigenvalue weighted by Crippen LogP contribution is -2.29. The monoisotopic (exact) mass is 303 g/mol. The molecule has 2 N–H and O–H groups in total. The Morgan fingerprint density at radius 2 is 2.31 bits per heavy atom. The Hall–Kier alpha value is -0.680. The van der Waals surface area contributed by atoms with E-state index in [1.54, 1.807) is 23.9 Å². The summed E-state index contributed by atoms with van der Waals surface area (Å²) in [6.07, 6.45) is 1.99. The Bertz CT molecular complexity index is 384. The molecule has 0 radical (unpaired) electrons. The van der Waals surface area contributed by atoms with Crippen LogP contribution in [0.25, 0.3) is 0 Å². The molecule has 1 amide bonds. The van der Waals surface area contributed by atoms with E-state index < -0.39 is 0 Å². The van der Waals surface area contributed by atoms with Crippen LogP contribution in [0.3, 0.4) is 0 Å². The van der Waals surface area contributed by atoms with Crippen LogP contribution in [-0.4, -0.2) is 29.1 Å². The minimum Gasteiger partial charge on any atom is -0.507 e. The van der Waals surface area contributed by atoms with Crippen LogP contribution in [0.5, 0.6) is 5.75 Å². The fourth-order valence-electron chi connectivity index (χ4n) is 1.11. The maximum atomic E-state index is 11.7. The van der Waals surface area contributed by atoms with Crippen LogP contribution in [0.2, 0.25) is 0 Å². The first-order valence-corrected chi connectivity index (χ1v) is 6.92. The van der Waals surface area contributed by atoms with Gasteiger partial charge < -0.3 is 10.4 Å². The van der Waals surface area contributed by atoms with E-state index >= 15 is 0 Å². The smallest absolute Gasteiger partial charge is 0.255 e. The second-order valence-electron chi connectivity index (χ2n) is 3.42. The van der Waals surface area contributed by atoms with E-state index in [1.807, 2.05) is 13.2 Å². The van der Waals surface area contributed by atoms with Gasteiger partial charge in [0.2, 0.25) is 0 Å². The van der Waals surface area contributed by atoms with Crippen LogP contribution in [-0.2, 0) is 0 Å². The van der Waals surface area contributed by atoms with Crippen molar-refractivity contribution in [3.05, 3.63) is 28.2 Å². The molecule has 16 heavy (non-hydrogen) atoms. The van der Waals surface area contributed by atoms with Crippen LogP contribution in [0, 0.1) is 0 Å². The summed E-state index contributed by atoms with van der Waals surface area (Å²) in [6.45, 7) is 2.62. The van der Waals surface area contributed by atoms with E-state index in [1.165, 1.54) is 6.07 Å². The summed E-state index contributed by atoms with van der Waals surface area (Å²) >= 11 is 4.95. The molecule has 0 aromatic heterocycles. The van der Waals surface area contributed by atoms with Crippen molar-refractivity contribution in [2.24, 2.45) is 0 Å². The summed E-state index contributed by atoms with van der Waals surface area (Å²) in [7, 11) is 0. The molecule has 0 heterocycles. The van der Waals surface area contributed by atoms with Gasteiger partial charge in [0.05, 0.1) is 5.56 Å². The molecular formula is C11H14BrNO2S. The molecule has 0 bridgehead atoms. The Morgan fingerprint density at radius 1 is 1.62 bits per heavy atom. The largest absolute Gasteiger partial charge is 0.507 e. The van der Waals surface area contributed by atoms with Gasteiger partial charge in [0, 0.05) is 16.3 Å². The summed E-state index contributed by atoms with van der Waals surface area (Å²) in [4.78, 5) is 11.7. The Balaban J connectivity index is 2.69. The van der Waals surface area contributed by atoms with Crippen molar-refractivity contribution in [1.29, 1.82) is 0 Å². The average Bonchev–Trinajstić information content (AvgIpc) is 2.28. The Morgan fingerprint density at radius 3 is 2.94 bits per heavy atom. The molecule has 0 saturated heterocycles. The summed E-state index contributed by atoms with van der Waals surface area (Å²) < 4.78 is 0.772. The Labute approximate surface area is 108 Å². The third-order valence-electron chi connectivity index (χ3n) is 2.16. The van der Waals surface area contributed by atoms with Crippen molar-refractivity contribution >= 4 is 33.6 Å². The van der Waals surface area contributed by atoms with Gasteiger partial charge in [0.15, 0.2) is 0 Å².